The summed E-state index contributed by atoms with van der Waals surface area (Å²) >= 11 is 0. The van der Waals surface area contributed by atoms with Gasteiger partial charge in [0.1, 0.15) is 0 Å². The van der Waals surface area contributed by atoms with Crippen LogP contribution in [0.4, 0.5) is 0 Å². The fourth-order valence-electron chi connectivity index (χ4n) is 3.44. The summed E-state index contributed by atoms with van der Waals surface area (Å²) in [7, 11) is 0. The zero-order valence-corrected chi connectivity index (χ0v) is 17.0. The molecule has 0 amide bonds. The molecule has 0 spiro atoms. The average molecular weight is 422 g/mol. The number of rotatable bonds is 5. The third-order valence-corrected chi connectivity index (χ3v) is 4.83. The molecule has 130 valence electrons. The predicted molar refractivity (Wildman–Crippen MR) is 106 cm³/mol. The molecule has 0 radical (unpaired) electrons. The molecule has 4 nitrogen and oxygen atoms in total. The summed E-state index contributed by atoms with van der Waals surface area (Å²) < 4.78 is 0. The molecule has 22 heavy (non-hydrogen) atoms. The van der Waals surface area contributed by atoms with Gasteiger partial charge in [0.2, 0.25) is 0 Å². The van der Waals surface area contributed by atoms with Crippen molar-refractivity contribution in [2.45, 2.75) is 46.5 Å². The van der Waals surface area contributed by atoms with Gasteiger partial charge in [0.15, 0.2) is 5.96 Å². The van der Waals surface area contributed by atoms with Crippen molar-refractivity contribution in [2.24, 2.45) is 16.8 Å². The van der Waals surface area contributed by atoms with Gasteiger partial charge in [-0.25, -0.2) is 0 Å². The third kappa shape index (κ3) is 6.22. The van der Waals surface area contributed by atoms with Crippen molar-refractivity contribution < 1.29 is 0 Å². The van der Waals surface area contributed by atoms with Gasteiger partial charge in [-0.1, -0.05) is 13.8 Å². The minimum Gasteiger partial charge on any atom is -0.357 e. The van der Waals surface area contributed by atoms with Crippen molar-refractivity contribution >= 4 is 29.9 Å². The lowest BCUT2D eigenvalue weighted by atomic mass is 9.99. The molecule has 0 aromatic rings. The zero-order valence-electron chi connectivity index (χ0n) is 14.7. The van der Waals surface area contributed by atoms with Crippen LogP contribution >= 0.6 is 24.0 Å². The SMILES string of the molecule is CCCN1CCC(CN=C(NCC)N2CCC(C)CC2)C1.I. The highest BCUT2D eigenvalue weighted by Crippen LogP contribution is 2.18. The van der Waals surface area contributed by atoms with E-state index in [0.29, 0.717) is 0 Å². The van der Waals surface area contributed by atoms with Crippen molar-refractivity contribution in [1.29, 1.82) is 0 Å². The monoisotopic (exact) mass is 422 g/mol. The number of likely N-dealkylation sites (tertiary alicyclic amines) is 2. The number of piperidine rings is 1. The third-order valence-electron chi connectivity index (χ3n) is 4.83. The lowest BCUT2D eigenvalue weighted by Crippen LogP contribution is -2.45. The first-order chi connectivity index (χ1) is 10.2. The summed E-state index contributed by atoms with van der Waals surface area (Å²) in [6.07, 6.45) is 5.20. The van der Waals surface area contributed by atoms with Crippen LogP contribution < -0.4 is 5.32 Å². The largest absolute Gasteiger partial charge is 0.357 e. The Labute approximate surface area is 154 Å². The van der Waals surface area contributed by atoms with Gasteiger partial charge in [0.25, 0.3) is 0 Å². The highest BCUT2D eigenvalue weighted by Gasteiger charge is 2.23. The first kappa shape index (κ1) is 20.0. The zero-order chi connectivity index (χ0) is 15.1. The second-order valence-corrected chi connectivity index (χ2v) is 6.82. The Kier molecular flexibility index (Phi) is 9.71. The summed E-state index contributed by atoms with van der Waals surface area (Å²) in [5.41, 5.74) is 0. The van der Waals surface area contributed by atoms with Crippen molar-refractivity contribution in [2.75, 3.05) is 45.8 Å². The molecule has 2 heterocycles. The number of nitrogens with zero attached hydrogens (tertiary/aromatic N) is 3. The number of hydrogen-bond donors (Lipinski definition) is 1. The Morgan fingerprint density at radius 2 is 1.86 bits per heavy atom. The van der Waals surface area contributed by atoms with E-state index < -0.39 is 0 Å². The summed E-state index contributed by atoms with van der Waals surface area (Å²) in [6.45, 7) is 14.9. The molecule has 5 heteroatoms. The van der Waals surface area contributed by atoms with E-state index in [-0.39, 0.29) is 24.0 Å². The first-order valence-electron chi connectivity index (χ1n) is 8.98. The number of guanidine groups is 1. The molecule has 2 rings (SSSR count). The molecule has 0 aliphatic carbocycles. The Hall–Kier alpha value is -0.0400. The molecular weight excluding hydrogens is 387 g/mol. The average Bonchev–Trinajstić information content (AvgIpc) is 2.93. The summed E-state index contributed by atoms with van der Waals surface area (Å²) in [5, 5.41) is 3.49. The Bertz CT molecular complexity index is 327. The molecule has 1 atom stereocenters. The first-order valence-corrected chi connectivity index (χ1v) is 8.98. The molecule has 0 bridgehead atoms. The Balaban J connectivity index is 0.00000242. The van der Waals surface area contributed by atoms with Gasteiger partial charge in [-0.05, 0) is 57.5 Å². The molecule has 1 N–H and O–H groups in total. The van der Waals surface area contributed by atoms with Crippen LogP contribution in [0, 0.1) is 11.8 Å². The minimum atomic E-state index is 0. The van der Waals surface area contributed by atoms with Crippen LogP contribution in [0.1, 0.15) is 46.5 Å². The van der Waals surface area contributed by atoms with Crippen molar-refractivity contribution in [3.63, 3.8) is 0 Å². The number of aliphatic imine (C=N–C) groups is 1. The topological polar surface area (TPSA) is 30.9 Å². The standard InChI is InChI=1S/C17H34N4.HI/c1-4-9-20-10-8-16(14-20)13-19-17(18-5-2)21-11-6-15(3)7-12-21;/h15-16H,4-14H2,1-3H3,(H,18,19);1H. The molecule has 0 saturated carbocycles. The van der Waals surface area contributed by atoms with E-state index in [1.54, 1.807) is 0 Å². The quantitative estimate of drug-likeness (QED) is 0.420. The van der Waals surface area contributed by atoms with Gasteiger partial charge in [-0.3, -0.25) is 4.99 Å². The molecular formula is C17H35IN4. The van der Waals surface area contributed by atoms with E-state index >= 15 is 0 Å². The van der Waals surface area contributed by atoms with E-state index in [9.17, 15) is 0 Å². The number of nitrogens with one attached hydrogen (secondary N) is 1. The van der Waals surface area contributed by atoms with Gasteiger partial charge >= 0.3 is 0 Å². The van der Waals surface area contributed by atoms with Crippen LogP contribution in [-0.4, -0.2) is 61.6 Å². The van der Waals surface area contributed by atoms with Crippen molar-refractivity contribution in [3.8, 4) is 0 Å². The highest BCUT2D eigenvalue weighted by atomic mass is 127. The lowest BCUT2D eigenvalue weighted by molar-refractivity contribution is 0.272. The highest BCUT2D eigenvalue weighted by molar-refractivity contribution is 14.0. The van der Waals surface area contributed by atoms with Gasteiger partial charge in [0, 0.05) is 32.7 Å². The normalized spacial score (nSPS) is 24.4. The molecule has 2 aliphatic heterocycles. The van der Waals surface area contributed by atoms with Crippen LogP contribution in [0.15, 0.2) is 4.99 Å². The summed E-state index contributed by atoms with van der Waals surface area (Å²) in [6, 6.07) is 0. The van der Waals surface area contributed by atoms with E-state index in [4.69, 9.17) is 4.99 Å². The van der Waals surface area contributed by atoms with Crippen molar-refractivity contribution in [3.05, 3.63) is 0 Å². The molecule has 0 aromatic heterocycles. The van der Waals surface area contributed by atoms with E-state index in [0.717, 1.165) is 30.9 Å². The fourth-order valence-corrected chi connectivity index (χ4v) is 3.44. The lowest BCUT2D eigenvalue weighted by Gasteiger charge is -2.33. The Morgan fingerprint density at radius 3 is 2.50 bits per heavy atom. The summed E-state index contributed by atoms with van der Waals surface area (Å²) in [5.74, 6) is 2.79. The second kappa shape index (κ2) is 10.7. The molecule has 0 aromatic carbocycles. The number of hydrogen-bond acceptors (Lipinski definition) is 2. The molecule has 2 fully saturated rings. The maximum Gasteiger partial charge on any atom is 0.193 e. The van der Waals surface area contributed by atoms with Crippen molar-refractivity contribution in [1.82, 2.24) is 15.1 Å². The van der Waals surface area contributed by atoms with Crippen LogP contribution in [0.5, 0.6) is 0 Å². The van der Waals surface area contributed by atoms with Crippen LogP contribution in [0.3, 0.4) is 0 Å². The van der Waals surface area contributed by atoms with Crippen LogP contribution in [0.2, 0.25) is 0 Å². The van der Waals surface area contributed by atoms with E-state index in [1.807, 2.05) is 0 Å². The maximum atomic E-state index is 4.94. The smallest absolute Gasteiger partial charge is 0.193 e. The van der Waals surface area contributed by atoms with Gasteiger partial charge < -0.3 is 15.1 Å². The predicted octanol–water partition coefficient (Wildman–Crippen LogP) is 3.03. The van der Waals surface area contributed by atoms with E-state index in [1.165, 1.54) is 58.4 Å². The maximum absolute atomic E-state index is 4.94. The van der Waals surface area contributed by atoms with Gasteiger partial charge in [-0.15, -0.1) is 24.0 Å². The van der Waals surface area contributed by atoms with E-state index in [2.05, 4.69) is 35.9 Å². The molecule has 2 saturated heterocycles. The Morgan fingerprint density at radius 1 is 1.14 bits per heavy atom. The second-order valence-electron chi connectivity index (χ2n) is 6.82. The van der Waals surface area contributed by atoms with Gasteiger partial charge in [-0.2, -0.15) is 0 Å². The van der Waals surface area contributed by atoms with Crippen LogP contribution in [-0.2, 0) is 0 Å². The van der Waals surface area contributed by atoms with Crippen LogP contribution in [0.25, 0.3) is 0 Å². The molecule has 1 unspecified atom stereocenters. The number of halogens is 1. The minimum absolute atomic E-state index is 0. The van der Waals surface area contributed by atoms with Gasteiger partial charge in [0.05, 0.1) is 0 Å². The summed E-state index contributed by atoms with van der Waals surface area (Å²) in [4.78, 5) is 10.00. The fraction of sp³-hybridized carbons (Fsp3) is 0.941. The molecule has 2 aliphatic rings.